The van der Waals surface area contributed by atoms with E-state index in [9.17, 15) is 18.8 Å². The highest BCUT2D eigenvalue weighted by atomic mass is 79.9. The van der Waals surface area contributed by atoms with Gasteiger partial charge in [0.05, 0.1) is 4.47 Å². The average Bonchev–Trinajstić information content (AvgIpc) is 2.29. The Kier molecular flexibility index (Phi) is 4.99. The lowest BCUT2D eigenvalue weighted by Crippen LogP contribution is -2.39. The van der Waals surface area contributed by atoms with Crippen LogP contribution in [0.25, 0.3) is 0 Å². The molecule has 0 heterocycles. The van der Waals surface area contributed by atoms with Gasteiger partial charge in [-0.25, -0.2) is 4.39 Å². The number of nitrogens with zero attached hydrogens (tertiary/aromatic N) is 1. The maximum absolute atomic E-state index is 13.0. The monoisotopic (exact) mass is 333 g/mol. The fraction of sp³-hybridized carbons (Fsp3) is 0.182. The molecule has 0 fully saturated rings. The van der Waals surface area contributed by atoms with Crippen LogP contribution >= 0.6 is 15.9 Å². The summed E-state index contributed by atoms with van der Waals surface area (Å²) in [6.45, 7) is -1.50. The van der Waals surface area contributed by atoms with E-state index in [2.05, 4.69) is 15.9 Å². The number of carbonyl (C=O) groups is 3. The zero-order valence-corrected chi connectivity index (χ0v) is 11.1. The highest BCUT2D eigenvalue weighted by Gasteiger charge is 2.21. The Hall–Kier alpha value is -1.96. The van der Waals surface area contributed by atoms with Gasteiger partial charge in [-0.2, -0.15) is 0 Å². The third-order valence-electron chi connectivity index (χ3n) is 2.11. The second-order valence-corrected chi connectivity index (χ2v) is 4.43. The van der Waals surface area contributed by atoms with Crippen LogP contribution in [0.1, 0.15) is 10.4 Å². The smallest absolute Gasteiger partial charge is 0.323 e. The van der Waals surface area contributed by atoms with E-state index >= 15 is 0 Å². The zero-order valence-electron chi connectivity index (χ0n) is 9.47. The first-order valence-corrected chi connectivity index (χ1v) is 5.78. The van der Waals surface area contributed by atoms with Crippen LogP contribution in [0, 0.1) is 5.82 Å². The number of amides is 1. The highest BCUT2D eigenvalue weighted by Crippen LogP contribution is 2.18. The number of benzene rings is 1. The van der Waals surface area contributed by atoms with Crippen molar-refractivity contribution in [1.82, 2.24) is 4.90 Å². The van der Waals surface area contributed by atoms with E-state index in [1.807, 2.05) is 0 Å². The molecule has 102 valence electrons. The van der Waals surface area contributed by atoms with Crippen LogP contribution in [0.2, 0.25) is 0 Å². The standard InChI is InChI=1S/C11H9BrFNO5/c12-7-3-6(1-2-8(7)13)11(19)14(4-9(15)16)5-10(17)18/h1-3H,4-5H2,(H,15,16)(H,17,18). The summed E-state index contributed by atoms with van der Waals surface area (Å²) < 4.78 is 13.1. The number of hydrogen-bond acceptors (Lipinski definition) is 3. The van der Waals surface area contributed by atoms with E-state index in [0.29, 0.717) is 4.90 Å². The van der Waals surface area contributed by atoms with E-state index in [-0.39, 0.29) is 10.0 Å². The predicted molar refractivity (Wildman–Crippen MR) is 65.3 cm³/mol. The first-order valence-electron chi connectivity index (χ1n) is 4.99. The van der Waals surface area contributed by atoms with E-state index in [4.69, 9.17) is 10.2 Å². The van der Waals surface area contributed by atoms with Gasteiger partial charge in [0.1, 0.15) is 18.9 Å². The van der Waals surface area contributed by atoms with Crippen molar-refractivity contribution in [3.8, 4) is 0 Å². The Morgan fingerprint density at radius 3 is 2.11 bits per heavy atom. The number of rotatable bonds is 5. The Bertz CT molecular complexity index is 518. The fourth-order valence-corrected chi connectivity index (χ4v) is 1.72. The van der Waals surface area contributed by atoms with Crippen molar-refractivity contribution in [3.05, 3.63) is 34.1 Å². The Labute approximate surface area is 115 Å². The van der Waals surface area contributed by atoms with Crippen LogP contribution in [0.3, 0.4) is 0 Å². The van der Waals surface area contributed by atoms with Crippen LogP contribution < -0.4 is 0 Å². The minimum absolute atomic E-state index is 0.00391. The lowest BCUT2D eigenvalue weighted by atomic mass is 10.2. The van der Waals surface area contributed by atoms with Crippen LogP contribution in [0.15, 0.2) is 22.7 Å². The molecular formula is C11H9BrFNO5. The Morgan fingerprint density at radius 2 is 1.68 bits per heavy atom. The molecule has 0 aliphatic rings. The summed E-state index contributed by atoms with van der Waals surface area (Å²) in [4.78, 5) is 33.8. The molecule has 2 N–H and O–H groups in total. The SMILES string of the molecule is O=C(O)CN(CC(=O)O)C(=O)c1ccc(F)c(Br)c1. The molecule has 6 nitrogen and oxygen atoms in total. The minimum atomic E-state index is -1.34. The lowest BCUT2D eigenvalue weighted by Gasteiger charge is -2.18. The molecule has 0 atom stereocenters. The molecule has 0 aromatic heterocycles. The maximum atomic E-state index is 13.0. The van der Waals surface area contributed by atoms with Crippen molar-refractivity contribution in [1.29, 1.82) is 0 Å². The summed E-state index contributed by atoms with van der Waals surface area (Å²) in [6.07, 6.45) is 0. The minimum Gasteiger partial charge on any atom is -0.480 e. The van der Waals surface area contributed by atoms with Crippen molar-refractivity contribution in [2.75, 3.05) is 13.1 Å². The van der Waals surface area contributed by atoms with Gasteiger partial charge in [-0.15, -0.1) is 0 Å². The maximum Gasteiger partial charge on any atom is 0.323 e. The van der Waals surface area contributed by atoms with Crippen LogP contribution in [-0.4, -0.2) is 46.0 Å². The third-order valence-corrected chi connectivity index (χ3v) is 2.71. The number of hydrogen-bond donors (Lipinski definition) is 2. The van der Waals surface area contributed by atoms with E-state index in [1.54, 1.807) is 0 Å². The molecule has 1 aromatic rings. The molecular weight excluding hydrogens is 325 g/mol. The molecule has 0 aliphatic carbocycles. The molecule has 1 rings (SSSR count). The van der Waals surface area contributed by atoms with E-state index in [0.717, 1.165) is 18.2 Å². The van der Waals surface area contributed by atoms with Gasteiger partial charge >= 0.3 is 11.9 Å². The van der Waals surface area contributed by atoms with Crippen molar-refractivity contribution in [3.63, 3.8) is 0 Å². The highest BCUT2D eigenvalue weighted by molar-refractivity contribution is 9.10. The molecule has 0 radical (unpaired) electrons. The molecule has 1 amide bonds. The van der Waals surface area contributed by atoms with E-state index < -0.39 is 36.8 Å². The van der Waals surface area contributed by atoms with E-state index in [1.165, 1.54) is 0 Å². The number of carboxylic acids is 2. The van der Waals surface area contributed by atoms with Crippen molar-refractivity contribution in [2.45, 2.75) is 0 Å². The summed E-state index contributed by atoms with van der Waals surface area (Å²) in [5.74, 6) is -4.06. The third kappa shape index (κ3) is 4.32. The fourth-order valence-electron chi connectivity index (χ4n) is 1.34. The van der Waals surface area contributed by atoms with Gasteiger partial charge in [0.15, 0.2) is 0 Å². The molecule has 0 aliphatic heterocycles. The topological polar surface area (TPSA) is 94.9 Å². The predicted octanol–water partition coefficient (Wildman–Crippen LogP) is 1.20. The van der Waals surface area contributed by atoms with Gasteiger partial charge in [-0.3, -0.25) is 14.4 Å². The van der Waals surface area contributed by atoms with Crippen LogP contribution in [-0.2, 0) is 9.59 Å². The summed E-state index contributed by atoms with van der Waals surface area (Å²) in [7, 11) is 0. The van der Waals surface area contributed by atoms with Crippen molar-refractivity contribution < 1.29 is 29.0 Å². The van der Waals surface area contributed by atoms with Gasteiger partial charge in [0.2, 0.25) is 0 Å². The first kappa shape index (κ1) is 15.1. The molecule has 0 saturated carbocycles. The van der Waals surface area contributed by atoms with Gasteiger partial charge in [0.25, 0.3) is 5.91 Å². The molecule has 8 heteroatoms. The second-order valence-electron chi connectivity index (χ2n) is 3.58. The zero-order chi connectivity index (χ0) is 14.6. The first-order chi connectivity index (χ1) is 8.81. The number of aliphatic carboxylic acids is 2. The van der Waals surface area contributed by atoms with Gasteiger partial charge in [0, 0.05) is 5.56 Å². The van der Waals surface area contributed by atoms with Gasteiger partial charge < -0.3 is 15.1 Å². The average molecular weight is 334 g/mol. The summed E-state index contributed by atoms with van der Waals surface area (Å²) in [5, 5.41) is 17.3. The van der Waals surface area contributed by atoms with Crippen molar-refractivity contribution in [2.24, 2.45) is 0 Å². The van der Waals surface area contributed by atoms with Gasteiger partial charge in [-0.05, 0) is 34.1 Å². The molecule has 0 saturated heterocycles. The second kappa shape index (κ2) is 6.28. The normalized spacial score (nSPS) is 10.0. The molecule has 0 unspecified atom stereocenters. The molecule has 0 spiro atoms. The molecule has 19 heavy (non-hydrogen) atoms. The quantitative estimate of drug-likeness (QED) is 0.844. The lowest BCUT2D eigenvalue weighted by molar-refractivity contribution is -0.140. The summed E-state index contributed by atoms with van der Waals surface area (Å²) in [6, 6.07) is 3.34. The molecule has 1 aromatic carbocycles. The number of carbonyl (C=O) groups excluding carboxylic acids is 1. The summed E-state index contributed by atoms with van der Waals surface area (Å²) >= 11 is 2.89. The van der Waals surface area contributed by atoms with Gasteiger partial charge in [-0.1, -0.05) is 0 Å². The molecule has 0 bridgehead atoms. The Morgan fingerprint density at radius 1 is 1.16 bits per heavy atom. The van der Waals surface area contributed by atoms with Crippen molar-refractivity contribution >= 4 is 33.8 Å². The largest absolute Gasteiger partial charge is 0.480 e. The Balaban J connectivity index is 3.00. The number of halogens is 2. The number of carboxylic acid groups (broad SMARTS) is 2. The van der Waals surface area contributed by atoms with Crippen LogP contribution in [0.4, 0.5) is 4.39 Å². The summed E-state index contributed by atoms with van der Waals surface area (Å²) in [5.41, 5.74) is -0.00391. The van der Waals surface area contributed by atoms with Crippen LogP contribution in [0.5, 0.6) is 0 Å².